The molecule has 0 fully saturated rings. The molecule has 2 aromatic rings. The van der Waals surface area contributed by atoms with Crippen LogP contribution in [0.25, 0.3) is 0 Å². The van der Waals surface area contributed by atoms with E-state index < -0.39 is 11.8 Å². The maximum absolute atomic E-state index is 13.2. The number of nitrogens with one attached hydrogen (secondary N) is 2. The Morgan fingerprint density at radius 2 is 1.92 bits per heavy atom. The van der Waals surface area contributed by atoms with Gasteiger partial charge in [0.05, 0.1) is 11.4 Å². The summed E-state index contributed by atoms with van der Waals surface area (Å²) in [5.74, 6) is -0.847. The number of benzene rings is 2. The fourth-order valence-corrected chi connectivity index (χ4v) is 2.89. The van der Waals surface area contributed by atoms with E-state index in [2.05, 4.69) is 17.6 Å². The molecule has 0 aromatic heterocycles. The lowest BCUT2D eigenvalue weighted by atomic mass is 10.2. The molecule has 0 radical (unpaired) electrons. The van der Waals surface area contributed by atoms with Crippen LogP contribution >= 0.6 is 11.6 Å². The van der Waals surface area contributed by atoms with Crippen molar-refractivity contribution in [2.45, 2.75) is 19.8 Å². The van der Waals surface area contributed by atoms with E-state index in [4.69, 9.17) is 11.6 Å². The second kappa shape index (κ2) is 8.06. The molecule has 2 amide bonds. The number of unbranched alkanes of at least 4 members (excludes halogenated alkanes) is 1. The number of amides is 2. The van der Waals surface area contributed by atoms with Crippen LogP contribution in [0.1, 0.15) is 19.8 Å². The van der Waals surface area contributed by atoms with Crippen LogP contribution in [0.15, 0.2) is 60.3 Å². The lowest BCUT2D eigenvalue weighted by Gasteiger charge is -2.23. The first-order chi connectivity index (χ1) is 12.6. The Bertz CT molecular complexity index is 849. The van der Waals surface area contributed by atoms with Crippen molar-refractivity contribution in [2.75, 3.05) is 16.8 Å². The van der Waals surface area contributed by atoms with Gasteiger partial charge in [-0.1, -0.05) is 43.1 Å². The molecule has 0 bridgehead atoms. The highest BCUT2D eigenvalue weighted by molar-refractivity contribution is 6.34. The van der Waals surface area contributed by atoms with E-state index in [1.807, 2.05) is 30.3 Å². The first kappa shape index (κ1) is 18.0. The van der Waals surface area contributed by atoms with Crippen LogP contribution in [0.4, 0.5) is 17.1 Å². The Balaban J connectivity index is 2.07. The van der Waals surface area contributed by atoms with E-state index >= 15 is 0 Å². The van der Waals surface area contributed by atoms with Crippen molar-refractivity contribution in [2.24, 2.45) is 0 Å². The molecule has 2 N–H and O–H groups in total. The van der Waals surface area contributed by atoms with Crippen LogP contribution in [0.2, 0.25) is 5.02 Å². The summed E-state index contributed by atoms with van der Waals surface area (Å²) >= 11 is 6.14. The van der Waals surface area contributed by atoms with Gasteiger partial charge in [0.2, 0.25) is 0 Å². The van der Waals surface area contributed by atoms with Crippen molar-refractivity contribution in [3.05, 3.63) is 65.3 Å². The monoisotopic (exact) mass is 369 g/mol. The maximum Gasteiger partial charge on any atom is 0.269 e. The standard InChI is InChI=1S/C20H20ClN3O2/c1-2-3-11-22-13-16-19(25)23-17-10-9-14(21)12-18(17)24(20(16)26)15-7-5-4-6-8-15/h4-10,12-13,22H,2-3,11H2,1H3,(H,23,25)/b16-13+. The van der Waals surface area contributed by atoms with Gasteiger partial charge in [0, 0.05) is 23.5 Å². The largest absolute Gasteiger partial charge is 0.390 e. The van der Waals surface area contributed by atoms with Crippen molar-refractivity contribution in [1.29, 1.82) is 0 Å². The van der Waals surface area contributed by atoms with Crippen molar-refractivity contribution in [3.63, 3.8) is 0 Å². The Morgan fingerprint density at radius 1 is 1.15 bits per heavy atom. The zero-order valence-corrected chi connectivity index (χ0v) is 15.2. The van der Waals surface area contributed by atoms with Crippen LogP contribution in [0.5, 0.6) is 0 Å². The second-order valence-corrected chi connectivity index (χ2v) is 6.39. The summed E-state index contributed by atoms with van der Waals surface area (Å²) in [7, 11) is 0. The van der Waals surface area contributed by atoms with Gasteiger partial charge in [-0.25, -0.2) is 0 Å². The molecule has 1 heterocycles. The molecule has 0 saturated carbocycles. The lowest BCUT2D eigenvalue weighted by Crippen LogP contribution is -2.30. The molecule has 134 valence electrons. The lowest BCUT2D eigenvalue weighted by molar-refractivity contribution is -0.119. The third-order valence-electron chi connectivity index (χ3n) is 4.06. The average Bonchev–Trinajstić information content (AvgIpc) is 2.74. The minimum absolute atomic E-state index is 0.0530. The van der Waals surface area contributed by atoms with E-state index in [-0.39, 0.29) is 5.57 Å². The number of hydrogen-bond acceptors (Lipinski definition) is 3. The summed E-state index contributed by atoms with van der Waals surface area (Å²) in [5, 5.41) is 6.35. The molecule has 0 spiro atoms. The second-order valence-electron chi connectivity index (χ2n) is 5.96. The average molecular weight is 370 g/mol. The normalized spacial score (nSPS) is 15.5. The molecule has 1 aliphatic heterocycles. The van der Waals surface area contributed by atoms with Crippen molar-refractivity contribution < 1.29 is 9.59 Å². The summed E-state index contributed by atoms with van der Waals surface area (Å²) in [6.07, 6.45) is 3.48. The summed E-state index contributed by atoms with van der Waals surface area (Å²) in [6, 6.07) is 14.3. The highest BCUT2D eigenvalue weighted by Crippen LogP contribution is 2.37. The summed E-state index contributed by atoms with van der Waals surface area (Å²) in [6.45, 7) is 2.78. The number of halogens is 1. The number of carbonyl (C=O) groups is 2. The van der Waals surface area contributed by atoms with Gasteiger partial charge in [0.25, 0.3) is 11.8 Å². The van der Waals surface area contributed by atoms with Gasteiger partial charge >= 0.3 is 0 Å². The molecule has 0 aliphatic carbocycles. The van der Waals surface area contributed by atoms with Crippen LogP contribution in [-0.4, -0.2) is 18.4 Å². The molecule has 26 heavy (non-hydrogen) atoms. The molecule has 1 aliphatic rings. The highest BCUT2D eigenvalue weighted by Gasteiger charge is 2.32. The molecule has 3 rings (SSSR count). The van der Waals surface area contributed by atoms with Gasteiger partial charge in [-0.15, -0.1) is 0 Å². The zero-order valence-electron chi connectivity index (χ0n) is 14.5. The fourth-order valence-electron chi connectivity index (χ4n) is 2.73. The van der Waals surface area contributed by atoms with E-state index in [0.717, 1.165) is 12.8 Å². The third-order valence-corrected chi connectivity index (χ3v) is 4.30. The van der Waals surface area contributed by atoms with Gasteiger partial charge in [-0.05, 0) is 36.8 Å². The molecular weight excluding hydrogens is 350 g/mol. The Kier molecular flexibility index (Phi) is 5.58. The van der Waals surface area contributed by atoms with Crippen molar-refractivity contribution in [3.8, 4) is 0 Å². The van der Waals surface area contributed by atoms with Crippen molar-refractivity contribution in [1.82, 2.24) is 5.32 Å². The van der Waals surface area contributed by atoms with Crippen LogP contribution in [0, 0.1) is 0 Å². The minimum Gasteiger partial charge on any atom is -0.390 e. The number of para-hydroxylation sites is 1. The van der Waals surface area contributed by atoms with Gasteiger partial charge in [-0.2, -0.15) is 0 Å². The van der Waals surface area contributed by atoms with E-state index in [1.54, 1.807) is 18.2 Å². The van der Waals surface area contributed by atoms with Gasteiger partial charge in [-0.3, -0.25) is 14.5 Å². The topological polar surface area (TPSA) is 61.4 Å². The summed E-state index contributed by atoms with van der Waals surface area (Å²) in [5.41, 5.74) is 1.79. The predicted octanol–water partition coefficient (Wildman–Crippen LogP) is 4.23. The van der Waals surface area contributed by atoms with Crippen LogP contribution < -0.4 is 15.5 Å². The van der Waals surface area contributed by atoms with Gasteiger partial charge in [0.15, 0.2) is 0 Å². The first-order valence-corrected chi connectivity index (χ1v) is 8.93. The number of carbonyl (C=O) groups excluding carboxylic acids is 2. The SMILES string of the molecule is CCCCN/C=C1\C(=O)Nc2ccc(Cl)cc2N(c2ccccc2)C1=O. The molecule has 5 nitrogen and oxygen atoms in total. The number of anilines is 3. The molecule has 6 heteroatoms. The van der Waals surface area contributed by atoms with Gasteiger partial charge in [0.1, 0.15) is 5.57 Å². The van der Waals surface area contributed by atoms with E-state index in [0.29, 0.717) is 28.6 Å². The molecule has 2 aromatic carbocycles. The maximum atomic E-state index is 13.2. The van der Waals surface area contributed by atoms with E-state index in [1.165, 1.54) is 11.1 Å². The number of hydrogen-bond donors (Lipinski definition) is 2. The highest BCUT2D eigenvalue weighted by atomic mass is 35.5. The molecule has 0 atom stereocenters. The van der Waals surface area contributed by atoms with Crippen LogP contribution in [0.3, 0.4) is 0 Å². The Morgan fingerprint density at radius 3 is 2.65 bits per heavy atom. The Hall–Kier alpha value is -2.79. The predicted molar refractivity (Wildman–Crippen MR) is 105 cm³/mol. The smallest absolute Gasteiger partial charge is 0.269 e. The molecule has 0 unspecified atom stereocenters. The molecule has 0 saturated heterocycles. The first-order valence-electron chi connectivity index (χ1n) is 8.55. The zero-order chi connectivity index (χ0) is 18.5. The minimum atomic E-state index is -0.444. The Labute approximate surface area is 157 Å². The molecular formula is C20H20ClN3O2. The summed E-state index contributed by atoms with van der Waals surface area (Å²) < 4.78 is 0. The number of nitrogens with zero attached hydrogens (tertiary/aromatic N) is 1. The number of rotatable bonds is 5. The number of fused-ring (bicyclic) bond motifs is 1. The fraction of sp³-hybridized carbons (Fsp3) is 0.200. The third kappa shape index (κ3) is 3.73. The quantitative estimate of drug-likeness (QED) is 0.471. The van der Waals surface area contributed by atoms with E-state index in [9.17, 15) is 9.59 Å². The van der Waals surface area contributed by atoms with Crippen molar-refractivity contribution >= 4 is 40.5 Å². The van der Waals surface area contributed by atoms with Gasteiger partial charge < -0.3 is 10.6 Å². The summed E-state index contributed by atoms with van der Waals surface area (Å²) in [4.78, 5) is 27.3. The van der Waals surface area contributed by atoms with Crippen LogP contribution in [-0.2, 0) is 9.59 Å².